The number of aromatic nitrogens is 3. The number of carboxylic acids is 1. The number of imidazole rings is 1. The Hall–Kier alpha value is -5.38. The lowest BCUT2D eigenvalue weighted by Crippen LogP contribution is -2.23. The summed E-state index contributed by atoms with van der Waals surface area (Å²) in [5.41, 5.74) is 11.4. The van der Waals surface area contributed by atoms with Crippen LogP contribution in [-0.2, 0) is 6.54 Å². The maximum Gasteiger partial charge on any atom is 0.336 e. The van der Waals surface area contributed by atoms with E-state index in [9.17, 15) is 14.7 Å². The minimum atomic E-state index is -1.10. The van der Waals surface area contributed by atoms with Gasteiger partial charge in [0.2, 0.25) is 0 Å². The molecule has 1 amide bonds. The third-order valence-corrected chi connectivity index (χ3v) is 7.24. The van der Waals surface area contributed by atoms with E-state index in [1.807, 2.05) is 30.5 Å². The number of H-pyrrole nitrogens is 2. The molecule has 0 aliphatic carbocycles. The molecule has 2 heterocycles. The number of nitrogen functional groups attached to an aromatic ring is 1. The van der Waals surface area contributed by atoms with Crippen molar-refractivity contribution in [3.05, 3.63) is 107 Å². The molecule has 0 spiro atoms. The Bertz CT molecular complexity index is 1760. The van der Waals surface area contributed by atoms with Crippen molar-refractivity contribution in [3.63, 3.8) is 0 Å². The van der Waals surface area contributed by atoms with Gasteiger partial charge in [0.15, 0.2) is 0 Å². The van der Waals surface area contributed by atoms with Gasteiger partial charge in [0.05, 0.1) is 31.2 Å². The SMILES string of the molecule is CCC(c1ccc(C(=O)NCc2cnc[nH]2)cc1-c1ccc(OC)cc1C(=O)O)c1c[nH]c2cc(C(=N)N)ccc12. The van der Waals surface area contributed by atoms with Gasteiger partial charge in [-0.25, -0.2) is 9.78 Å². The van der Waals surface area contributed by atoms with E-state index in [0.29, 0.717) is 34.4 Å². The molecular weight excluding hydrogens is 520 g/mol. The molecule has 1 atom stereocenters. The number of carbonyl (C=O) groups excluding carboxylic acids is 1. The molecule has 7 N–H and O–H groups in total. The maximum atomic E-state index is 13.2. The highest BCUT2D eigenvalue weighted by molar-refractivity contribution is 6.01. The summed E-state index contributed by atoms with van der Waals surface area (Å²) in [7, 11) is 1.48. The number of aromatic carboxylic acids is 1. The normalized spacial score (nSPS) is 11.8. The second-order valence-electron chi connectivity index (χ2n) is 9.66. The highest BCUT2D eigenvalue weighted by Gasteiger charge is 2.24. The third-order valence-electron chi connectivity index (χ3n) is 7.24. The summed E-state index contributed by atoms with van der Waals surface area (Å²) in [5, 5.41) is 21.8. The number of carbonyl (C=O) groups is 2. The largest absolute Gasteiger partial charge is 0.497 e. The van der Waals surface area contributed by atoms with Gasteiger partial charge in [-0.2, -0.15) is 0 Å². The zero-order chi connectivity index (χ0) is 29.1. The lowest BCUT2D eigenvalue weighted by molar-refractivity contribution is 0.0697. The van der Waals surface area contributed by atoms with E-state index >= 15 is 0 Å². The first-order chi connectivity index (χ1) is 19.8. The fraction of sp³-hybridized carbons (Fsp3) is 0.161. The summed E-state index contributed by atoms with van der Waals surface area (Å²) in [6.45, 7) is 2.34. The Balaban J connectivity index is 1.65. The number of methoxy groups -OCH3 is 1. The molecule has 1 unspecified atom stereocenters. The Morgan fingerprint density at radius 1 is 1.05 bits per heavy atom. The third kappa shape index (κ3) is 5.40. The summed E-state index contributed by atoms with van der Waals surface area (Å²) in [5.74, 6) is -1.12. The highest BCUT2D eigenvalue weighted by Crippen LogP contribution is 2.40. The van der Waals surface area contributed by atoms with E-state index in [4.69, 9.17) is 15.9 Å². The van der Waals surface area contributed by atoms with Crippen LogP contribution in [-0.4, -0.2) is 44.9 Å². The van der Waals surface area contributed by atoms with Crippen molar-refractivity contribution in [1.29, 1.82) is 5.41 Å². The number of nitrogens with zero attached hydrogens (tertiary/aromatic N) is 1. The predicted octanol–water partition coefficient (Wildman–Crippen LogP) is 5.02. The second-order valence-corrected chi connectivity index (χ2v) is 9.66. The van der Waals surface area contributed by atoms with E-state index in [0.717, 1.165) is 27.7 Å². The monoisotopic (exact) mass is 550 g/mol. The maximum absolute atomic E-state index is 13.2. The zero-order valence-electron chi connectivity index (χ0n) is 22.6. The summed E-state index contributed by atoms with van der Waals surface area (Å²) in [6.07, 6.45) is 5.82. The number of carboxylic acid groups (broad SMARTS) is 1. The van der Waals surface area contributed by atoms with Crippen molar-refractivity contribution in [1.82, 2.24) is 20.3 Å². The van der Waals surface area contributed by atoms with Gasteiger partial charge in [-0.3, -0.25) is 10.2 Å². The van der Waals surface area contributed by atoms with Crippen LogP contribution in [0, 0.1) is 5.41 Å². The van der Waals surface area contributed by atoms with Crippen LogP contribution >= 0.6 is 0 Å². The molecule has 0 aliphatic heterocycles. The molecule has 0 saturated heterocycles. The van der Waals surface area contributed by atoms with Crippen molar-refractivity contribution in [3.8, 4) is 16.9 Å². The summed E-state index contributed by atoms with van der Waals surface area (Å²) < 4.78 is 5.29. The molecular formula is C31H30N6O4. The number of nitrogens with two attached hydrogens (primary N) is 1. The zero-order valence-corrected chi connectivity index (χ0v) is 22.6. The van der Waals surface area contributed by atoms with E-state index < -0.39 is 5.97 Å². The average Bonchev–Trinajstić information content (AvgIpc) is 3.66. The lowest BCUT2D eigenvalue weighted by Gasteiger charge is -2.22. The van der Waals surface area contributed by atoms with Gasteiger partial charge >= 0.3 is 5.97 Å². The van der Waals surface area contributed by atoms with Crippen molar-refractivity contribution in [2.45, 2.75) is 25.8 Å². The molecule has 0 radical (unpaired) electrons. The van der Waals surface area contributed by atoms with Crippen LogP contribution in [0.1, 0.15) is 62.4 Å². The quantitative estimate of drug-likeness (QED) is 0.105. The average molecular weight is 551 g/mol. The molecule has 5 rings (SSSR count). The highest BCUT2D eigenvalue weighted by atomic mass is 16.5. The summed E-state index contributed by atoms with van der Waals surface area (Å²) in [6, 6.07) is 15.9. The topological polar surface area (TPSA) is 170 Å². The molecule has 0 aliphatic rings. The minimum Gasteiger partial charge on any atom is -0.497 e. The first-order valence-corrected chi connectivity index (χ1v) is 13.1. The predicted molar refractivity (Wildman–Crippen MR) is 157 cm³/mol. The number of hydrogen-bond donors (Lipinski definition) is 6. The number of nitrogens with one attached hydrogen (secondary N) is 4. The Morgan fingerprint density at radius 2 is 1.85 bits per heavy atom. The van der Waals surface area contributed by atoms with Crippen LogP contribution in [0.3, 0.4) is 0 Å². The van der Waals surface area contributed by atoms with Gasteiger partial charge in [-0.15, -0.1) is 0 Å². The standard InChI is InChI=1S/C31H30N6O4/c1-3-21(27-15-35-28-11-17(29(32)33)4-8-24(27)28)22-7-5-18(30(38)36-14-19-13-34-16-37-19)10-25(22)23-9-6-20(41-2)12-26(23)31(39)40/h4-13,15-16,21,35H,3,14H2,1-2H3,(H3,32,33)(H,34,37)(H,36,38)(H,39,40). The lowest BCUT2D eigenvalue weighted by atomic mass is 9.82. The van der Waals surface area contributed by atoms with Gasteiger partial charge in [-0.1, -0.05) is 25.1 Å². The van der Waals surface area contributed by atoms with E-state index in [-0.39, 0.29) is 29.8 Å². The first-order valence-electron chi connectivity index (χ1n) is 13.1. The molecule has 0 fully saturated rings. The number of ether oxygens (including phenoxy) is 1. The van der Waals surface area contributed by atoms with E-state index in [1.165, 1.54) is 13.2 Å². The number of amidine groups is 1. The van der Waals surface area contributed by atoms with Crippen LogP contribution in [0.15, 0.2) is 73.3 Å². The molecule has 208 valence electrons. The van der Waals surface area contributed by atoms with E-state index in [1.54, 1.807) is 36.8 Å². The van der Waals surface area contributed by atoms with Crippen molar-refractivity contribution in [2.24, 2.45) is 5.73 Å². The molecule has 0 saturated carbocycles. The van der Waals surface area contributed by atoms with Crippen LogP contribution in [0.5, 0.6) is 5.75 Å². The number of aromatic amines is 2. The number of benzene rings is 3. The first kappa shape index (κ1) is 27.2. The molecule has 3 aromatic carbocycles. The molecule has 10 heteroatoms. The van der Waals surface area contributed by atoms with Crippen molar-refractivity contribution in [2.75, 3.05) is 7.11 Å². The molecule has 2 aromatic heterocycles. The Labute approximate surface area is 236 Å². The minimum absolute atomic E-state index is 0.0144. The fourth-order valence-corrected chi connectivity index (χ4v) is 5.17. The van der Waals surface area contributed by atoms with Crippen LogP contribution in [0.25, 0.3) is 22.0 Å². The van der Waals surface area contributed by atoms with Crippen LogP contribution in [0.4, 0.5) is 0 Å². The van der Waals surface area contributed by atoms with Crippen molar-refractivity contribution >= 4 is 28.6 Å². The number of hydrogen-bond acceptors (Lipinski definition) is 5. The second kappa shape index (κ2) is 11.4. The molecule has 41 heavy (non-hydrogen) atoms. The van der Waals surface area contributed by atoms with Crippen molar-refractivity contribution < 1.29 is 19.4 Å². The fourth-order valence-electron chi connectivity index (χ4n) is 5.17. The van der Waals surface area contributed by atoms with Gasteiger partial charge in [-0.05, 0) is 65.1 Å². The van der Waals surface area contributed by atoms with Gasteiger partial charge in [0, 0.05) is 40.3 Å². The number of fused-ring (bicyclic) bond motifs is 1. The Kier molecular flexibility index (Phi) is 7.55. The molecule has 5 aromatic rings. The van der Waals surface area contributed by atoms with Gasteiger partial charge in [0.25, 0.3) is 5.91 Å². The summed E-state index contributed by atoms with van der Waals surface area (Å²) >= 11 is 0. The Morgan fingerprint density at radius 3 is 2.54 bits per heavy atom. The van der Waals surface area contributed by atoms with Crippen LogP contribution in [0.2, 0.25) is 0 Å². The number of amides is 1. The van der Waals surface area contributed by atoms with Gasteiger partial charge < -0.3 is 30.9 Å². The molecule has 10 nitrogen and oxygen atoms in total. The van der Waals surface area contributed by atoms with Gasteiger partial charge in [0.1, 0.15) is 11.6 Å². The van der Waals surface area contributed by atoms with E-state index in [2.05, 4.69) is 27.2 Å². The summed E-state index contributed by atoms with van der Waals surface area (Å²) in [4.78, 5) is 35.8. The van der Waals surface area contributed by atoms with Crippen LogP contribution < -0.4 is 15.8 Å². The molecule has 0 bridgehead atoms. The number of rotatable bonds is 10. The smallest absolute Gasteiger partial charge is 0.336 e.